The molecular formula is C35H36F3N5O2. The van der Waals surface area contributed by atoms with E-state index >= 15 is 0 Å². The first-order valence-electron chi connectivity index (χ1n) is 15.0. The van der Waals surface area contributed by atoms with Gasteiger partial charge in [-0.15, -0.1) is 0 Å². The highest BCUT2D eigenvalue weighted by Crippen LogP contribution is 2.39. The third-order valence-corrected chi connectivity index (χ3v) is 8.43. The van der Waals surface area contributed by atoms with Crippen molar-refractivity contribution in [1.29, 1.82) is 5.26 Å². The van der Waals surface area contributed by atoms with Gasteiger partial charge in [0.1, 0.15) is 5.54 Å². The molecule has 1 atom stereocenters. The number of alkyl halides is 3. The number of rotatable bonds is 7. The summed E-state index contributed by atoms with van der Waals surface area (Å²) in [6.45, 7) is 5.39. The molecule has 2 N–H and O–H groups in total. The quantitative estimate of drug-likeness (QED) is 0.356. The predicted octanol–water partition coefficient (Wildman–Crippen LogP) is 6.85. The molecule has 1 unspecified atom stereocenters. The Hall–Kier alpha value is -4.65. The lowest BCUT2D eigenvalue weighted by atomic mass is 9.92. The molecule has 0 radical (unpaired) electrons. The first-order valence-corrected chi connectivity index (χ1v) is 15.0. The van der Waals surface area contributed by atoms with E-state index in [0.717, 1.165) is 39.2 Å². The van der Waals surface area contributed by atoms with E-state index in [1.54, 1.807) is 19.2 Å². The lowest BCUT2D eigenvalue weighted by Gasteiger charge is -2.33. The molecule has 2 heterocycles. The van der Waals surface area contributed by atoms with Gasteiger partial charge in [-0.3, -0.25) is 14.6 Å². The van der Waals surface area contributed by atoms with Gasteiger partial charge in [-0.2, -0.15) is 18.4 Å². The van der Waals surface area contributed by atoms with Crippen molar-refractivity contribution >= 4 is 28.8 Å². The molecule has 2 amide bonds. The van der Waals surface area contributed by atoms with Crippen molar-refractivity contribution in [2.75, 3.05) is 13.6 Å². The van der Waals surface area contributed by atoms with Gasteiger partial charge in [0, 0.05) is 43.0 Å². The van der Waals surface area contributed by atoms with E-state index in [0.29, 0.717) is 42.5 Å². The number of benzene rings is 2. The second-order valence-corrected chi connectivity index (χ2v) is 12.0. The van der Waals surface area contributed by atoms with Gasteiger partial charge >= 0.3 is 6.18 Å². The van der Waals surface area contributed by atoms with Crippen LogP contribution in [-0.2, 0) is 0 Å². The van der Waals surface area contributed by atoms with Crippen LogP contribution in [0.4, 0.5) is 13.2 Å². The molecular weight excluding hydrogens is 579 g/mol. The van der Waals surface area contributed by atoms with Gasteiger partial charge < -0.3 is 15.5 Å². The van der Waals surface area contributed by atoms with E-state index in [2.05, 4.69) is 34.7 Å². The molecule has 1 fully saturated rings. The third-order valence-electron chi connectivity index (χ3n) is 8.43. The maximum Gasteiger partial charge on any atom is 0.390 e. The Morgan fingerprint density at radius 1 is 1.04 bits per heavy atom. The summed E-state index contributed by atoms with van der Waals surface area (Å²) in [5, 5.41) is 14.9. The highest BCUT2D eigenvalue weighted by molar-refractivity contribution is 6.09. The molecule has 0 aromatic heterocycles. The zero-order valence-electron chi connectivity index (χ0n) is 25.8. The monoisotopic (exact) mass is 615 g/mol. The van der Waals surface area contributed by atoms with Crippen molar-refractivity contribution in [3.05, 3.63) is 93.8 Å². The van der Waals surface area contributed by atoms with E-state index in [4.69, 9.17) is 0 Å². The molecule has 1 saturated carbocycles. The van der Waals surface area contributed by atoms with Gasteiger partial charge in [-0.25, -0.2) is 0 Å². The number of nitrogens with one attached hydrogen (secondary N) is 2. The second-order valence-electron chi connectivity index (χ2n) is 12.0. The minimum atomic E-state index is -4.32. The molecule has 10 heteroatoms. The summed E-state index contributed by atoms with van der Waals surface area (Å²) in [6.07, 6.45) is 3.06. The summed E-state index contributed by atoms with van der Waals surface area (Å²) in [4.78, 5) is 31.8. The zero-order chi connectivity index (χ0) is 32.5. The Labute approximate surface area is 261 Å². The number of aryl methyl sites for hydroxylation is 2. The van der Waals surface area contributed by atoms with E-state index in [-0.39, 0.29) is 24.3 Å². The number of halogens is 3. The van der Waals surface area contributed by atoms with Crippen LogP contribution in [0, 0.1) is 31.1 Å². The van der Waals surface area contributed by atoms with E-state index in [1.807, 2.05) is 55.3 Å². The normalized spacial score (nSPS) is 19.8. The summed E-state index contributed by atoms with van der Waals surface area (Å²) in [5.74, 6) is -0.360. The second kappa shape index (κ2) is 12.4. The average Bonchev–Trinajstić information content (AvgIpc) is 3.79. The number of aliphatic imine (C=N–C) groups is 1. The molecule has 2 aliphatic heterocycles. The molecule has 2 aromatic rings. The topological polar surface area (TPSA) is 97.6 Å². The van der Waals surface area contributed by atoms with Crippen LogP contribution in [0.5, 0.6) is 0 Å². The van der Waals surface area contributed by atoms with Gasteiger partial charge in [0.15, 0.2) is 0 Å². The molecule has 2 aromatic carbocycles. The standard InChI is InChI=1S/C35H36F3N5O2/c1-21-5-10-30-29(41-14-13-35(36,37)38)18-26(24-6-8-28(22(2)16-24)33(45)42-34(20-39)11-12-34)19-43(30)31(15-21)25-7-9-27(23(3)17-25)32(44)40-4/h6-10,15-17,19,21H,5,11-14,18H2,1-4H3,(H,40,44)(H,42,45). The maximum atomic E-state index is 13.1. The van der Waals surface area contributed by atoms with Crippen LogP contribution >= 0.6 is 0 Å². The molecule has 5 rings (SSSR count). The number of nitriles is 1. The van der Waals surface area contributed by atoms with Crippen molar-refractivity contribution in [2.45, 2.75) is 64.6 Å². The summed E-state index contributed by atoms with van der Waals surface area (Å²) in [7, 11) is 1.58. The lowest BCUT2D eigenvalue weighted by Crippen LogP contribution is -2.35. The van der Waals surface area contributed by atoms with Gasteiger partial charge in [0.25, 0.3) is 11.8 Å². The fraction of sp³-hybridized carbons (Fsp3) is 0.371. The van der Waals surface area contributed by atoms with Crippen molar-refractivity contribution in [1.82, 2.24) is 15.5 Å². The number of carbonyl (C=O) groups excluding carboxylic acids is 2. The highest BCUT2D eigenvalue weighted by Gasteiger charge is 2.45. The molecule has 0 bridgehead atoms. The van der Waals surface area contributed by atoms with E-state index in [1.165, 1.54) is 0 Å². The van der Waals surface area contributed by atoms with Crippen LogP contribution in [0.15, 0.2) is 65.4 Å². The van der Waals surface area contributed by atoms with Crippen molar-refractivity contribution in [3.8, 4) is 6.07 Å². The molecule has 1 aliphatic carbocycles. The maximum absolute atomic E-state index is 13.1. The molecule has 3 aliphatic rings. The largest absolute Gasteiger partial charge is 0.390 e. The minimum Gasteiger partial charge on any atom is -0.355 e. The predicted molar refractivity (Wildman–Crippen MR) is 168 cm³/mol. The number of allylic oxidation sites excluding steroid dienone is 4. The van der Waals surface area contributed by atoms with Gasteiger partial charge in [0.2, 0.25) is 0 Å². The van der Waals surface area contributed by atoms with Crippen LogP contribution in [0.3, 0.4) is 0 Å². The average molecular weight is 616 g/mol. The highest BCUT2D eigenvalue weighted by atomic mass is 19.4. The summed E-state index contributed by atoms with van der Waals surface area (Å²) in [6, 6.07) is 13.2. The van der Waals surface area contributed by atoms with Gasteiger partial charge in [-0.1, -0.05) is 37.3 Å². The smallest absolute Gasteiger partial charge is 0.355 e. The summed E-state index contributed by atoms with van der Waals surface area (Å²) >= 11 is 0. The Bertz CT molecular complexity index is 1710. The summed E-state index contributed by atoms with van der Waals surface area (Å²) in [5.41, 5.74) is 6.41. The lowest BCUT2D eigenvalue weighted by molar-refractivity contribution is -0.132. The zero-order valence-corrected chi connectivity index (χ0v) is 25.8. The molecule has 234 valence electrons. The molecule has 7 nitrogen and oxygen atoms in total. The molecule has 0 saturated heterocycles. The van der Waals surface area contributed by atoms with Crippen LogP contribution in [0.25, 0.3) is 11.3 Å². The number of carbonyl (C=O) groups is 2. The van der Waals surface area contributed by atoms with Crippen molar-refractivity contribution < 1.29 is 22.8 Å². The Balaban J connectivity index is 1.56. The number of amides is 2. The van der Waals surface area contributed by atoms with Crippen molar-refractivity contribution in [3.63, 3.8) is 0 Å². The van der Waals surface area contributed by atoms with Crippen LogP contribution in [0.2, 0.25) is 0 Å². The Morgan fingerprint density at radius 3 is 2.29 bits per heavy atom. The number of fused-ring (bicyclic) bond motifs is 1. The molecule has 0 spiro atoms. The third kappa shape index (κ3) is 7.03. The SMILES string of the molecule is CNC(=O)c1ccc(C2=CC(C)CC=C3C(=NCCC(F)(F)F)CC(c4ccc(C(=O)NC5(C#N)CC5)c(C)c4)=CN32)cc1C. The number of hydrogen-bond donors (Lipinski definition) is 2. The first kappa shape index (κ1) is 31.8. The van der Waals surface area contributed by atoms with Crippen LogP contribution in [0.1, 0.15) is 82.0 Å². The Morgan fingerprint density at radius 2 is 1.69 bits per heavy atom. The van der Waals surface area contributed by atoms with Crippen molar-refractivity contribution in [2.24, 2.45) is 10.9 Å². The molecule has 45 heavy (non-hydrogen) atoms. The van der Waals surface area contributed by atoms with Gasteiger partial charge in [0.05, 0.1) is 23.9 Å². The van der Waals surface area contributed by atoms with Crippen LogP contribution in [-0.4, -0.2) is 47.7 Å². The Kier molecular flexibility index (Phi) is 8.74. The fourth-order valence-corrected chi connectivity index (χ4v) is 5.68. The minimum absolute atomic E-state index is 0.133. The van der Waals surface area contributed by atoms with E-state index in [9.17, 15) is 28.0 Å². The summed E-state index contributed by atoms with van der Waals surface area (Å²) < 4.78 is 39.4. The van der Waals surface area contributed by atoms with E-state index < -0.39 is 18.1 Å². The number of hydrogen-bond acceptors (Lipinski definition) is 5. The van der Waals surface area contributed by atoms with Gasteiger partial charge in [-0.05, 0) is 85.1 Å². The first-order chi connectivity index (χ1) is 21.3. The number of nitrogens with zero attached hydrogens (tertiary/aromatic N) is 3. The fourth-order valence-electron chi connectivity index (χ4n) is 5.68. The van der Waals surface area contributed by atoms with Crippen LogP contribution < -0.4 is 10.6 Å².